The van der Waals surface area contributed by atoms with E-state index in [0.29, 0.717) is 38.8 Å². The molecule has 0 aliphatic rings. The van der Waals surface area contributed by atoms with Crippen molar-refractivity contribution in [2.75, 3.05) is 19.5 Å². The molecule has 0 aliphatic heterocycles. The number of ether oxygens (including phenoxy) is 1. The fraction of sp³-hybridized carbons (Fsp3) is 0.280. The molecule has 10 nitrogen and oxygen atoms in total. The van der Waals surface area contributed by atoms with Gasteiger partial charge in [-0.15, -0.1) is 16.9 Å². The SMILES string of the molecule is CCOP(=O)(OCC)C(c1ccc(F)cc1)n1nc(SC)c2c1ncn1nc(COc3ccccc3)nc21. The summed E-state index contributed by atoms with van der Waals surface area (Å²) in [4.78, 5) is 9.30. The van der Waals surface area contributed by atoms with Crippen LogP contribution in [0.5, 0.6) is 5.75 Å². The molecule has 2 aromatic carbocycles. The largest absolute Gasteiger partial charge is 0.486 e. The summed E-state index contributed by atoms with van der Waals surface area (Å²) in [5.74, 6) is -0.256. The van der Waals surface area contributed by atoms with Crippen LogP contribution in [0.2, 0.25) is 0 Å². The van der Waals surface area contributed by atoms with Crippen LogP contribution in [0.15, 0.2) is 66.0 Å². The minimum Gasteiger partial charge on any atom is -0.486 e. The van der Waals surface area contributed by atoms with E-state index in [1.54, 1.807) is 30.5 Å². The van der Waals surface area contributed by atoms with E-state index in [0.717, 1.165) is 0 Å². The number of fused-ring (bicyclic) bond motifs is 3. The maximum atomic E-state index is 14.1. The van der Waals surface area contributed by atoms with Crippen molar-refractivity contribution in [1.82, 2.24) is 29.4 Å². The zero-order chi connectivity index (χ0) is 26.7. The zero-order valence-corrected chi connectivity index (χ0v) is 22.7. The first-order valence-electron chi connectivity index (χ1n) is 12.0. The number of para-hydroxylation sites is 1. The molecule has 0 bridgehead atoms. The Labute approximate surface area is 222 Å². The first-order chi connectivity index (χ1) is 18.5. The molecule has 5 aromatic rings. The number of rotatable bonds is 11. The van der Waals surface area contributed by atoms with Crippen LogP contribution in [-0.2, 0) is 20.2 Å². The van der Waals surface area contributed by atoms with Crippen molar-refractivity contribution in [2.45, 2.75) is 31.3 Å². The molecule has 0 saturated carbocycles. The maximum Gasteiger partial charge on any atom is 0.359 e. The van der Waals surface area contributed by atoms with Crippen molar-refractivity contribution >= 4 is 36.0 Å². The summed E-state index contributed by atoms with van der Waals surface area (Å²) < 4.78 is 48.3. The first kappa shape index (κ1) is 26.3. The second kappa shape index (κ2) is 11.2. The smallest absolute Gasteiger partial charge is 0.359 e. The van der Waals surface area contributed by atoms with Gasteiger partial charge >= 0.3 is 7.60 Å². The van der Waals surface area contributed by atoms with Gasteiger partial charge in [-0.1, -0.05) is 30.3 Å². The van der Waals surface area contributed by atoms with Gasteiger partial charge in [-0.2, -0.15) is 5.10 Å². The zero-order valence-electron chi connectivity index (χ0n) is 21.0. The van der Waals surface area contributed by atoms with Crippen LogP contribution in [0.25, 0.3) is 16.7 Å². The van der Waals surface area contributed by atoms with Gasteiger partial charge in [0.2, 0.25) is 0 Å². The van der Waals surface area contributed by atoms with Crippen molar-refractivity contribution in [1.29, 1.82) is 0 Å². The molecule has 0 aliphatic carbocycles. The Kier molecular flexibility index (Phi) is 7.75. The van der Waals surface area contributed by atoms with Crippen LogP contribution >= 0.6 is 19.4 Å². The molecule has 13 heteroatoms. The fourth-order valence-electron chi connectivity index (χ4n) is 4.12. The molecule has 1 atom stereocenters. The lowest BCUT2D eigenvalue weighted by Crippen LogP contribution is -2.17. The van der Waals surface area contributed by atoms with Crippen LogP contribution < -0.4 is 4.74 Å². The third-order valence-electron chi connectivity index (χ3n) is 5.66. The summed E-state index contributed by atoms with van der Waals surface area (Å²) in [7, 11) is -3.82. The predicted molar refractivity (Wildman–Crippen MR) is 142 cm³/mol. The van der Waals surface area contributed by atoms with E-state index in [1.807, 2.05) is 36.6 Å². The lowest BCUT2D eigenvalue weighted by Gasteiger charge is -2.27. The van der Waals surface area contributed by atoms with Crippen molar-refractivity contribution in [3.63, 3.8) is 0 Å². The van der Waals surface area contributed by atoms with Gasteiger partial charge in [-0.3, -0.25) is 4.57 Å². The van der Waals surface area contributed by atoms with E-state index in [-0.39, 0.29) is 19.8 Å². The highest BCUT2D eigenvalue weighted by Crippen LogP contribution is 2.62. The van der Waals surface area contributed by atoms with Gasteiger partial charge in [0.1, 0.15) is 29.5 Å². The molecule has 0 radical (unpaired) electrons. The summed E-state index contributed by atoms with van der Waals surface area (Å²) in [5, 5.41) is 10.5. The third kappa shape index (κ3) is 5.04. The van der Waals surface area contributed by atoms with Crippen LogP contribution in [-0.4, -0.2) is 48.8 Å². The summed E-state index contributed by atoms with van der Waals surface area (Å²) in [6.07, 6.45) is 3.40. The van der Waals surface area contributed by atoms with Gasteiger partial charge < -0.3 is 13.8 Å². The van der Waals surface area contributed by atoms with E-state index in [9.17, 15) is 8.96 Å². The van der Waals surface area contributed by atoms with Crippen molar-refractivity contribution < 1.29 is 22.7 Å². The highest BCUT2D eigenvalue weighted by atomic mass is 32.2. The first-order valence-corrected chi connectivity index (χ1v) is 14.8. The minimum atomic E-state index is -3.82. The maximum absolute atomic E-state index is 14.1. The molecule has 0 amide bonds. The molecule has 198 valence electrons. The Morgan fingerprint density at radius 3 is 2.37 bits per heavy atom. The van der Waals surface area contributed by atoms with Crippen LogP contribution in [0.4, 0.5) is 4.39 Å². The Bertz CT molecular complexity index is 1580. The fourth-order valence-corrected chi connectivity index (χ4v) is 6.72. The molecule has 38 heavy (non-hydrogen) atoms. The van der Waals surface area contributed by atoms with Gasteiger partial charge in [-0.25, -0.2) is 23.6 Å². The Morgan fingerprint density at radius 1 is 1.00 bits per heavy atom. The van der Waals surface area contributed by atoms with Gasteiger partial charge in [0.25, 0.3) is 0 Å². The lowest BCUT2D eigenvalue weighted by atomic mass is 10.2. The number of halogens is 1. The lowest BCUT2D eigenvalue weighted by molar-refractivity contribution is 0.207. The summed E-state index contributed by atoms with van der Waals surface area (Å²) >= 11 is 1.39. The van der Waals surface area contributed by atoms with Gasteiger partial charge in [0.05, 0.1) is 18.6 Å². The molecular weight excluding hydrogens is 530 g/mol. The van der Waals surface area contributed by atoms with E-state index in [2.05, 4.69) is 10.1 Å². The standard InChI is InChI=1S/C25H26FN6O4PS/c1-4-35-37(33,36-5-2)25(17-11-13-18(26)14-12-17)32-22-21(24(30-32)38-3)23-28-20(29-31(23)16-27-22)15-34-19-9-7-6-8-10-19/h6-14,16,25H,4-5,15H2,1-3H3. The summed E-state index contributed by atoms with van der Waals surface area (Å²) in [5.41, 5.74) is 1.45. The summed E-state index contributed by atoms with van der Waals surface area (Å²) in [6, 6.07) is 15.1. The van der Waals surface area contributed by atoms with E-state index >= 15 is 0 Å². The molecule has 3 heterocycles. The van der Waals surface area contributed by atoms with E-state index < -0.39 is 19.2 Å². The molecule has 1 unspecified atom stereocenters. The molecule has 5 rings (SSSR count). The normalized spacial score (nSPS) is 12.8. The number of hydrogen-bond donors (Lipinski definition) is 0. The van der Waals surface area contributed by atoms with Gasteiger partial charge in [0, 0.05) is 0 Å². The highest BCUT2D eigenvalue weighted by molar-refractivity contribution is 7.98. The number of hydrogen-bond acceptors (Lipinski definition) is 9. The molecule has 3 aromatic heterocycles. The van der Waals surface area contributed by atoms with Gasteiger partial charge in [-0.05, 0) is 49.9 Å². The minimum absolute atomic E-state index is 0.149. The van der Waals surface area contributed by atoms with Crippen molar-refractivity contribution in [3.8, 4) is 5.75 Å². The number of benzene rings is 2. The van der Waals surface area contributed by atoms with Crippen LogP contribution in [0.1, 0.15) is 31.0 Å². The van der Waals surface area contributed by atoms with Gasteiger partial charge in [0.15, 0.2) is 22.9 Å². The average molecular weight is 557 g/mol. The third-order valence-corrected chi connectivity index (χ3v) is 8.69. The van der Waals surface area contributed by atoms with Crippen molar-refractivity contribution in [2.24, 2.45) is 0 Å². The molecule has 0 spiro atoms. The highest BCUT2D eigenvalue weighted by Gasteiger charge is 2.41. The second-order valence-electron chi connectivity index (χ2n) is 8.10. The Hall–Kier alpha value is -3.31. The van der Waals surface area contributed by atoms with Crippen molar-refractivity contribution in [3.05, 3.63) is 78.1 Å². The second-order valence-corrected chi connectivity index (χ2v) is 11.0. The summed E-state index contributed by atoms with van der Waals surface area (Å²) in [6.45, 7) is 3.93. The molecule has 0 fully saturated rings. The average Bonchev–Trinajstić information content (AvgIpc) is 3.50. The molecular formula is C25H26FN6O4PS. The van der Waals surface area contributed by atoms with Crippen LogP contribution in [0, 0.1) is 5.82 Å². The Balaban J connectivity index is 1.65. The Morgan fingerprint density at radius 2 is 1.71 bits per heavy atom. The topological polar surface area (TPSA) is 106 Å². The number of nitrogens with zero attached hydrogens (tertiary/aromatic N) is 6. The van der Waals surface area contributed by atoms with E-state index in [4.69, 9.17) is 23.9 Å². The number of thioether (sulfide) groups is 1. The van der Waals surface area contributed by atoms with E-state index in [1.165, 1.54) is 34.9 Å². The molecule has 0 N–H and O–H groups in total. The monoisotopic (exact) mass is 556 g/mol. The molecule has 0 saturated heterocycles. The number of aromatic nitrogens is 6. The quantitative estimate of drug-likeness (QED) is 0.149. The predicted octanol–water partition coefficient (Wildman–Crippen LogP) is 5.73. The van der Waals surface area contributed by atoms with Crippen LogP contribution in [0.3, 0.4) is 0 Å².